The molecule has 0 atom stereocenters. The van der Waals surface area contributed by atoms with Crippen LogP contribution in [-0.4, -0.2) is 12.4 Å². The first kappa shape index (κ1) is 14.5. The van der Waals surface area contributed by atoms with Crippen LogP contribution in [0.2, 0.25) is 0 Å². The van der Waals surface area contributed by atoms with E-state index in [1.165, 1.54) is 0 Å². The van der Waals surface area contributed by atoms with Crippen molar-refractivity contribution in [2.45, 2.75) is 6.92 Å². The monoisotopic (exact) mass is 330 g/mol. The molecular formula is C17H15BrO2. The Morgan fingerprint density at radius 2 is 1.75 bits per heavy atom. The van der Waals surface area contributed by atoms with E-state index in [-0.39, 0.29) is 5.78 Å². The van der Waals surface area contributed by atoms with Gasteiger partial charge in [-0.1, -0.05) is 34.1 Å². The molecule has 102 valence electrons. The molecule has 0 unspecified atom stereocenters. The molecule has 0 aliphatic heterocycles. The molecule has 0 N–H and O–H groups in total. The molecule has 0 aromatic heterocycles. The van der Waals surface area contributed by atoms with E-state index in [1.54, 1.807) is 24.3 Å². The Labute approximate surface area is 127 Å². The Balaban J connectivity index is 2.04. The standard InChI is InChI=1S/C17H15BrO2/c1-2-20-16-10-3-13(4-11-16)5-12-17(19)14-6-8-15(18)9-7-14/h3-12H,2H2,1H3. The van der Waals surface area contributed by atoms with Crippen molar-refractivity contribution in [2.24, 2.45) is 0 Å². The number of carbonyl (C=O) groups is 1. The van der Waals surface area contributed by atoms with E-state index in [2.05, 4.69) is 15.9 Å². The van der Waals surface area contributed by atoms with Gasteiger partial charge in [0, 0.05) is 10.0 Å². The summed E-state index contributed by atoms with van der Waals surface area (Å²) >= 11 is 3.35. The average molecular weight is 331 g/mol. The maximum atomic E-state index is 12.0. The summed E-state index contributed by atoms with van der Waals surface area (Å²) in [6.07, 6.45) is 3.39. The lowest BCUT2D eigenvalue weighted by Gasteiger charge is -2.02. The third-order valence-electron chi connectivity index (χ3n) is 2.75. The smallest absolute Gasteiger partial charge is 0.185 e. The Bertz CT molecular complexity index is 598. The van der Waals surface area contributed by atoms with E-state index in [1.807, 2.05) is 43.3 Å². The highest BCUT2D eigenvalue weighted by Crippen LogP contribution is 2.14. The molecule has 0 radical (unpaired) electrons. The van der Waals surface area contributed by atoms with Crippen LogP contribution in [0.3, 0.4) is 0 Å². The van der Waals surface area contributed by atoms with Crippen molar-refractivity contribution < 1.29 is 9.53 Å². The van der Waals surface area contributed by atoms with Gasteiger partial charge in [0.25, 0.3) is 0 Å². The molecule has 20 heavy (non-hydrogen) atoms. The van der Waals surface area contributed by atoms with Crippen molar-refractivity contribution in [3.8, 4) is 5.75 Å². The minimum atomic E-state index is -0.00798. The zero-order chi connectivity index (χ0) is 14.4. The van der Waals surface area contributed by atoms with Crippen LogP contribution in [0.25, 0.3) is 6.08 Å². The maximum absolute atomic E-state index is 12.0. The first-order chi connectivity index (χ1) is 9.69. The Hall–Kier alpha value is -1.87. The molecule has 2 rings (SSSR count). The second-order valence-corrected chi connectivity index (χ2v) is 5.12. The lowest BCUT2D eigenvalue weighted by Crippen LogP contribution is -1.93. The van der Waals surface area contributed by atoms with Gasteiger partial charge in [-0.05, 0) is 55.0 Å². The number of ether oxygens (including phenoxy) is 1. The fourth-order valence-corrected chi connectivity index (χ4v) is 1.99. The summed E-state index contributed by atoms with van der Waals surface area (Å²) in [4.78, 5) is 12.0. The highest BCUT2D eigenvalue weighted by molar-refractivity contribution is 9.10. The Morgan fingerprint density at radius 1 is 1.10 bits per heavy atom. The van der Waals surface area contributed by atoms with Gasteiger partial charge >= 0.3 is 0 Å². The second kappa shape index (κ2) is 7.06. The number of hydrogen-bond acceptors (Lipinski definition) is 2. The first-order valence-corrected chi connectivity index (χ1v) is 7.19. The van der Waals surface area contributed by atoms with Crippen LogP contribution in [0.5, 0.6) is 5.75 Å². The summed E-state index contributed by atoms with van der Waals surface area (Å²) in [5, 5.41) is 0. The van der Waals surface area contributed by atoms with Crippen molar-refractivity contribution in [2.75, 3.05) is 6.61 Å². The Kier molecular flexibility index (Phi) is 5.13. The average Bonchev–Trinajstić information content (AvgIpc) is 2.47. The first-order valence-electron chi connectivity index (χ1n) is 6.40. The zero-order valence-electron chi connectivity index (χ0n) is 11.2. The SMILES string of the molecule is CCOc1ccc(C=CC(=O)c2ccc(Br)cc2)cc1. The van der Waals surface area contributed by atoms with Crippen LogP contribution in [0.4, 0.5) is 0 Å². The van der Waals surface area contributed by atoms with Crippen molar-refractivity contribution >= 4 is 27.8 Å². The van der Waals surface area contributed by atoms with Crippen LogP contribution in [-0.2, 0) is 0 Å². The molecule has 0 bridgehead atoms. The predicted octanol–water partition coefficient (Wildman–Crippen LogP) is 4.74. The summed E-state index contributed by atoms with van der Waals surface area (Å²) < 4.78 is 6.33. The van der Waals surface area contributed by atoms with Gasteiger partial charge in [-0.25, -0.2) is 0 Å². The van der Waals surface area contributed by atoms with Crippen LogP contribution < -0.4 is 4.74 Å². The zero-order valence-corrected chi connectivity index (χ0v) is 12.8. The molecule has 0 spiro atoms. The predicted molar refractivity (Wildman–Crippen MR) is 85.1 cm³/mol. The molecule has 0 aliphatic rings. The van der Waals surface area contributed by atoms with Gasteiger partial charge in [-0.3, -0.25) is 4.79 Å². The molecule has 2 aromatic carbocycles. The van der Waals surface area contributed by atoms with E-state index in [9.17, 15) is 4.79 Å². The summed E-state index contributed by atoms with van der Waals surface area (Å²) in [6.45, 7) is 2.60. The number of rotatable bonds is 5. The summed E-state index contributed by atoms with van der Waals surface area (Å²) in [6, 6.07) is 15.0. The van der Waals surface area contributed by atoms with Gasteiger partial charge in [0.1, 0.15) is 5.75 Å². The molecule has 0 saturated heterocycles. The van der Waals surface area contributed by atoms with Crippen molar-refractivity contribution in [3.05, 3.63) is 70.2 Å². The largest absolute Gasteiger partial charge is 0.494 e. The van der Waals surface area contributed by atoms with E-state index in [0.29, 0.717) is 12.2 Å². The number of carbonyl (C=O) groups excluding carboxylic acids is 1. The molecule has 0 amide bonds. The number of hydrogen-bond donors (Lipinski definition) is 0. The molecular weight excluding hydrogens is 316 g/mol. The molecule has 0 heterocycles. The lowest BCUT2D eigenvalue weighted by molar-refractivity contribution is 0.104. The van der Waals surface area contributed by atoms with Gasteiger partial charge in [0.2, 0.25) is 0 Å². The number of benzene rings is 2. The molecule has 2 aromatic rings. The van der Waals surface area contributed by atoms with Gasteiger partial charge < -0.3 is 4.74 Å². The quantitative estimate of drug-likeness (QED) is 0.584. The lowest BCUT2D eigenvalue weighted by atomic mass is 10.1. The van der Waals surface area contributed by atoms with Crippen LogP contribution >= 0.6 is 15.9 Å². The fourth-order valence-electron chi connectivity index (χ4n) is 1.72. The third kappa shape index (κ3) is 4.07. The normalized spacial score (nSPS) is 10.7. The Morgan fingerprint density at radius 3 is 2.35 bits per heavy atom. The van der Waals surface area contributed by atoms with E-state index < -0.39 is 0 Å². The number of allylic oxidation sites excluding steroid dienone is 1. The maximum Gasteiger partial charge on any atom is 0.185 e. The van der Waals surface area contributed by atoms with Crippen molar-refractivity contribution in [3.63, 3.8) is 0 Å². The van der Waals surface area contributed by atoms with Crippen LogP contribution in [0.15, 0.2) is 59.1 Å². The van der Waals surface area contributed by atoms with Gasteiger partial charge in [-0.2, -0.15) is 0 Å². The van der Waals surface area contributed by atoms with E-state index in [0.717, 1.165) is 15.8 Å². The molecule has 0 fully saturated rings. The molecule has 0 aliphatic carbocycles. The minimum Gasteiger partial charge on any atom is -0.494 e. The van der Waals surface area contributed by atoms with Crippen molar-refractivity contribution in [1.82, 2.24) is 0 Å². The summed E-state index contributed by atoms with van der Waals surface area (Å²) in [7, 11) is 0. The third-order valence-corrected chi connectivity index (χ3v) is 3.28. The highest BCUT2D eigenvalue weighted by atomic mass is 79.9. The van der Waals surface area contributed by atoms with Gasteiger partial charge in [-0.15, -0.1) is 0 Å². The van der Waals surface area contributed by atoms with E-state index >= 15 is 0 Å². The fraction of sp³-hybridized carbons (Fsp3) is 0.118. The second-order valence-electron chi connectivity index (χ2n) is 4.21. The topological polar surface area (TPSA) is 26.3 Å². The van der Waals surface area contributed by atoms with Crippen LogP contribution in [0, 0.1) is 0 Å². The summed E-state index contributed by atoms with van der Waals surface area (Å²) in [5.41, 5.74) is 1.65. The van der Waals surface area contributed by atoms with Crippen LogP contribution in [0.1, 0.15) is 22.8 Å². The molecule has 3 heteroatoms. The summed E-state index contributed by atoms with van der Waals surface area (Å²) in [5.74, 6) is 0.829. The highest BCUT2D eigenvalue weighted by Gasteiger charge is 2.00. The minimum absolute atomic E-state index is 0.00798. The number of halogens is 1. The molecule has 0 saturated carbocycles. The van der Waals surface area contributed by atoms with E-state index in [4.69, 9.17) is 4.74 Å². The number of ketones is 1. The van der Waals surface area contributed by atoms with Crippen molar-refractivity contribution in [1.29, 1.82) is 0 Å². The van der Waals surface area contributed by atoms with Gasteiger partial charge in [0.05, 0.1) is 6.61 Å². The van der Waals surface area contributed by atoms with Gasteiger partial charge in [0.15, 0.2) is 5.78 Å². The molecule has 2 nitrogen and oxygen atoms in total.